The maximum absolute atomic E-state index is 14.0. The molecule has 2 N–H and O–H groups in total. The van der Waals surface area contributed by atoms with Crippen LogP contribution in [-0.4, -0.2) is 76.7 Å². The van der Waals surface area contributed by atoms with Crippen molar-refractivity contribution in [2.45, 2.75) is 122 Å². The number of hydrogen-bond acceptors (Lipinski definition) is 9. The van der Waals surface area contributed by atoms with Crippen LogP contribution in [0, 0.1) is 11.8 Å². The molecule has 43 heavy (non-hydrogen) atoms. The number of amides is 3. The van der Waals surface area contributed by atoms with Crippen LogP contribution in [-0.2, 0) is 28.6 Å². The lowest BCUT2D eigenvalue weighted by Gasteiger charge is -2.33. The summed E-state index contributed by atoms with van der Waals surface area (Å²) in [5, 5.41) is 5.80. The first-order valence-electron chi connectivity index (χ1n) is 15.2. The van der Waals surface area contributed by atoms with Gasteiger partial charge in [-0.2, -0.15) is 0 Å². The van der Waals surface area contributed by atoms with Gasteiger partial charge in [0.05, 0.1) is 18.7 Å². The minimum atomic E-state index is -1.56. The van der Waals surface area contributed by atoms with E-state index in [-0.39, 0.29) is 31.8 Å². The Morgan fingerprint density at radius 2 is 1.67 bits per heavy atom. The molecule has 3 amide bonds. The number of allylic oxidation sites excluding steroid dienone is 1. The summed E-state index contributed by atoms with van der Waals surface area (Å²) in [5.41, 5.74) is -3.23. The number of esters is 1. The van der Waals surface area contributed by atoms with Gasteiger partial charge in [0.15, 0.2) is 11.3 Å². The van der Waals surface area contributed by atoms with E-state index in [2.05, 4.69) is 23.8 Å². The minimum absolute atomic E-state index is 0.0681. The predicted molar refractivity (Wildman–Crippen MR) is 162 cm³/mol. The predicted octanol–water partition coefficient (Wildman–Crippen LogP) is 4.83. The molecule has 2 aliphatic rings. The van der Waals surface area contributed by atoms with Crippen LogP contribution in [0.1, 0.15) is 93.4 Å². The Kier molecular flexibility index (Phi) is 12.5. The normalized spacial score (nSPS) is 23.8. The van der Waals surface area contributed by atoms with Gasteiger partial charge < -0.3 is 24.8 Å². The van der Waals surface area contributed by atoms with Crippen molar-refractivity contribution in [3.8, 4) is 0 Å². The van der Waals surface area contributed by atoms with E-state index in [0.717, 1.165) is 24.2 Å². The SMILES string of the molecule is C=CCCCCC[C@H](NC(=O)OC(C)(C)C)C(=O)C1CN[C@H](C(=O)N(C(=O)OC(C)(C)C)[C@]2(C(=O)OCC)CC2C=C)C1. The summed E-state index contributed by atoms with van der Waals surface area (Å²) < 4.78 is 16.2. The molecule has 5 atom stereocenters. The highest BCUT2D eigenvalue weighted by Crippen LogP contribution is 2.51. The van der Waals surface area contributed by atoms with Crippen LogP contribution in [0.5, 0.6) is 0 Å². The van der Waals surface area contributed by atoms with Gasteiger partial charge in [-0.15, -0.1) is 13.2 Å². The molecule has 1 saturated heterocycles. The van der Waals surface area contributed by atoms with Crippen LogP contribution in [0.15, 0.2) is 25.3 Å². The second-order valence-corrected chi connectivity index (χ2v) is 13.3. The van der Waals surface area contributed by atoms with Crippen LogP contribution >= 0.6 is 0 Å². The highest BCUT2D eigenvalue weighted by Gasteiger charge is 2.68. The van der Waals surface area contributed by atoms with Crippen LogP contribution in [0.2, 0.25) is 0 Å². The van der Waals surface area contributed by atoms with Gasteiger partial charge in [-0.1, -0.05) is 25.0 Å². The number of alkyl carbamates (subject to hydrolysis) is 1. The van der Waals surface area contributed by atoms with E-state index in [4.69, 9.17) is 14.2 Å². The number of ether oxygens (including phenoxy) is 3. The minimum Gasteiger partial charge on any atom is -0.464 e. The molecule has 11 heteroatoms. The zero-order chi connectivity index (χ0) is 32.6. The number of carbonyl (C=O) groups is 5. The molecule has 11 nitrogen and oxygen atoms in total. The molecule has 0 aromatic carbocycles. The average Bonchev–Trinajstić information content (AvgIpc) is 3.40. The first-order valence-corrected chi connectivity index (χ1v) is 15.2. The molecule has 0 spiro atoms. The van der Waals surface area contributed by atoms with Gasteiger partial charge in [0, 0.05) is 18.4 Å². The van der Waals surface area contributed by atoms with Gasteiger partial charge in [-0.05, 0) is 80.6 Å². The van der Waals surface area contributed by atoms with Gasteiger partial charge in [-0.3, -0.25) is 9.59 Å². The highest BCUT2D eigenvalue weighted by atomic mass is 16.6. The molecule has 0 bridgehead atoms. The number of unbranched alkanes of at least 4 members (excludes halogenated alkanes) is 3. The van der Waals surface area contributed by atoms with Gasteiger partial charge in [-0.25, -0.2) is 19.3 Å². The third-order valence-corrected chi connectivity index (χ3v) is 7.36. The summed E-state index contributed by atoms with van der Waals surface area (Å²) >= 11 is 0. The largest absolute Gasteiger partial charge is 0.464 e. The van der Waals surface area contributed by atoms with E-state index < -0.39 is 64.7 Å². The van der Waals surface area contributed by atoms with Crippen LogP contribution in [0.3, 0.4) is 0 Å². The lowest BCUT2D eigenvalue weighted by molar-refractivity contribution is -0.157. The number of carbonyl (C=O) groups excluding carboxylic acids is 5. The fourth-order valence-electron chi connectivity index (χ4n) is 5.28. The third-order valence-electron chi connectivity index (χ3n) is 7.36. The highest BCUT2D eigenvalue weighted by molar-refractivity contribution is 6.03. The molecular formula is C32H51N3O8. The smallest absolute Gasteiger partial charge is 0.418 e. The van der Waals surface area contributed by atoms with Crippen LogP contribution < -0.4 is 10.6 Å². The zero-order valence-electron chi connectivity index (χ0n) is 27.0. The fourth-order valence-corrected chi connectivity index (χ4v) is 5.28. The van der Waals surface area contributed by atoms with Gasteiger partial charge in [0.1, 0.15) is 11.2 Å². The number of imide groups is 1. The number of rotatable bonds is 14. The second kappa shape index (κ2) is 15.0. The van der Waals surface area contributed by atoms with E-state index >= 15 is 0 Å². The molecule has 1 heterocycles. The Hall–Kier alpha value is -3.21. The molecule has 1 aliphatic carbocycles. The fraction of sp³-hybridized carbons (Fsp3) is 0.719. The summed E-state index contributed by atoms with van der Waals surface area (Å²) in [4.78, 5) is 67.7. The average molecular weight is 606 g/mol. The van der Waals surface area contributed by atoms with E-state index in [1.54, 1.807) is 48.5 Å². The van der Waals surface area contributed by atoms with Crippen molar-refractivity contribution in [3.05, 3.63) is 25.3 Å². The van der Waals surface area contributed by atoms with Gasteiger partial charge in [0.2, 0.25) is 5.91 Å². The Morgan fingerprint density at radius 3 is 2.21 bits per heavy atom. The quantitative estimate of drug-likeness (QED) is 0.123. The number of ketones is 1. The maximum atomic E-state index is 14.0. The molecule has 242 valence electrons. The summed E-state index contributed by atoms with van der Waals surface area (Å²) in [6.45, 7) is 19.6. The topological polar surface area (TPSA) is 140 Å². The Labute approximate surface area is 256 Å². The monoisotopic (exact) mass is 605 g/mol. The number of Topliss-reactive ketones (excluding diaryl/α,β-unsaturated/α-hetero) is 1. The summed E-state index contributed by atoms with van der Waals surface area (Å²) in [5.74, 6) is -2.72. The Bertz CT molecular complexity index is 1060. The van der Waals surface area contributed by atoms with E-state index in [1.807, 2.05) is 6.08 Å². The lowest BCUT2D eigenvalue weighted by atomic mass is 9.92. The number of hydrogen-bond donors (Lipinski definition) is 2. The van der Waals surface area contributed by atoms with E-state index in [9.17, 15) is 24.0 Å². The first kappa shape index (κ1) is 36.0. The van der Waals surface area contributed by atoms with Crippen molar-refractivity contribution in [3.63, 3.8) is 0 Å². The molecular weight excluding hydrogens is 554 g/mol. The van der Waals surface area contributed by atoms with Crippen molar-refractivity contribution in [2.24, 2.45) is 11.8 Å². The molecule has 1 aliphatic heterocycles. The van der Waals surface area contributed by atoms with Gasteiger partial charge >= 0.3 is 18.2 Å². The number of nitrogens with one attached hydrogen (secondary N) is 2. The third kappa shape index (κ3) is 9.91. The second-order valence-electron chi connectivity index (χ2n) is 13.3. The summed E-state index contributed by atoms with van der Waals surface area (Å²) in [7, 11) is 0. The Morgan fingerprint density at radius 1 is 1.02 bits per heavy atom. The Balaban J connectivity index is 2.27. The first-order chi connectivity index (χ1) is 20.0. The molecule has 0 radical (unpaired) electrons. The van der Waals surface area contributed by atoms with Crippen molar-refractivity contribution in [1.29, 1.82) is 0 Å². The van der Waals surface area contributed by atoms with E-state index in [0.29, 0.717) is 12.8 Å². The van der Waals surface area contributed by atoms with Crippen LogP contribution in [0.25, 0.3) is 0 Å². The molecule has 1 saturated carbocycles. The number of nitrogens with zero attached hydrogens (tertiary/aromatic N) is 1. The zero-order valence-corrected chi connectivity index (χ0v) is 27.0. The van der Waals surface area contributed by atoms with Crippen molar-refractivity contribution in [2.75, 3.05) is 13.2 Å². The molecule has 2 fully saturated rings. The summed E-state index contributed by atoms with van der Waals surface area (Å²) in [6, 6.07) is -1.74. The molecule has 2 unspecified atom stereocenters. The molecule has 2 rings (SSSR count). The lowest BCUT2D eigenvalue weighted by Crippen LogP contribution is -2.58. The molecule has 0 aromatic rings. The van der Waals surface area contributed by atoms with Crippen molar-refractivity contribution >= 4 is 29.8 Å². The maximum Gasteiger partial charge on any atom is 0.418 e. The standard InChI is InChI=1S/C32H51N3O8/c1-10-13-14-15-16-17-23(34-28(39)42-30(4,5)6)25(36)21-18-24(33-20-21)26(37)35(29(40)43-31(7,8)9)32(19-22(32)11-2)27(38)41-12-3/h10-11,21-24,33H,1-2,12-20H2,3-9H3,(H,34,39)/t21?,22?,23-,24-,32+/m0/s1. The van der Waals surface area contributed by atoms with Crippen LogP contribution in [0.4, 0.5) is 9.59 Å². The molecule has 0 aromatic heterocycles. The van der Waals surface area contributed by atoms with Crippen molar-refractivity contribution in [1.82, 2.24) is 15.5 Å². The van der Waals surface area contributed by atoms with Gasteiger partial charge in [0.25, 0.3) is 0 Å². The van der Waals surface area contributed by atoms with Crippen molar-refractivity contribution < 1.29 is 38.2 Å². The van der Waals surface area contributed by atoms with E-state index in [1.165, 1.54) is 6.08 Å². The summed E-state index contributed by atoms with van der Waals surface area (Å²) in [6.07, 6.45) is 5.74.